The molecule has 1 aromatic carbocycles. The van der Waals surface area contributed by atoms with Gasteiger partial charge in [-0.25, -0.2) is 13.1 Å². The number of benzene rings is 1. The van der Waals surface area contributed by atoms with E-state index in [2.05, 4.69) is 11.6 Å². The van der Waals surface area contributed by atoms with Crippen LogP contribution >= 0.6 is 0 Å². The van der Waals surface area contributed by atoms with Crippen molar-refractivity contribution in [2.24, 2.45) is 5.92 Å². The summed E-state index contributed by atoms with van der Waals surface area (Å²) in [7, 11) is -3.52. The largest absolute Gasteiger partial charge is 0.240 e. The summed E-state index contributed by atoms with van der Waals surface area (Å²) in [4.78, 5) is 0.178. The number of nitrogens with one attached hydrogen (secondary N) is 1. The number of hydrogen-bond acceptors (Lipinski definition) is 3. The fourth-order valence-electron chi connectivity index (χ4n) is 3.00. The van der Waals surface area contributed by atoms with Gasteiger partial charge >= 0.3 is 0 Å². The molecule has 1 aliphatic rings. The number of nitrogens with zero attached hydrogens (tertiary/aromatic N) is 1. The first kappa shape index (κ1) is 16.0. The summed E-state index contributed by atoms with van der Waals surface area (Å²) < 4.78 is 27.5. The molecule has 0 unspecified atom stereocenters. The third-order valence-electron chi connectivity index (χ3n) is 4.14. The third-order valence-corrected chi connectivity index (χ3v) is 5.66. The lowest BCUT2D eigenvalue weighted by Crippen LogP contribution is -2.37. The third kappa shape index (κ3) is 4.29. The van der Waals surface area contributed by atoms with Crippen molar-refractivity contribution in [2.45, 2.75) is 56.4 Å². The van der Waals surface area contributed by atoms with Gasteiger partial charge in [0.1, 0.15) is 0 Å². The van der Waals surface area contributed by atoms with Gasteiger partial charge in [-0.05, 0) is 49.8 Å². The highest BCUT2D eigenvalue weighted by atomic mass is 32.2. The Balaban J connectivity index is 2.00. The van der Waals surface area contributed by atoms with Gasteiger partial charge < -0.3 is 0 Å². The molecule has 1 aromatic rings. The van der Waals surface area contributed by atoms with Crippen LogP contribution in [0.25, 0.3) is 0 Å². The predicted molar refractivity (Wildman–Crippen MR) is 82.1 cm³/mol. The van der Waals surface area contributed by atoms with E-state index in [1.54, 1.807) is 12.1 Å². The molecule has 21 heavy (non-hydrogen) atoms. The average Bonchev–Trinajstić information content (AvgIpc) is 2.49. The van der Waals surface area contributed by atoms with E-state index < -0.39 is 10.0 Å². The van der Waals surface area contributed by atoms with Gasteiger partial charge in [0.05, 0.1) is 16.5 Å². The molecule has 0 bridgehead atoms. The Morgan fingerprint density at radius 1 is 1.29 bits per heavy atom. The standard InChI is InChI=1S/C16H22N2O2S/c1-2-4-13-7-9-15(10-8-13)18-21(19,20)16-6-3-5-14(11-16)12-17/h3,5-6,11,13,15,18H,2,4,7-10H2,1H3. The summed E-state index contributed by atoms with van der Waals surface area (Å²) in [5.41, 5.74) is 0.365. The molecule has 114 valence electrons. The maximum atomic E-state index is 12.4. The Kier molecular flexibility index (Phi) is 5.38. The van der Waals surface area contributed by atoms with E-state index in [1.807, 2.05) is 6.07 Å². The fourth-order valence-corrected chi connectivity index (χ4v) is 4.35. The lowest BCUT2D eigenvalue weighted by Gasteiger charge is -2.28. The summed E-state index contributed by atoms with van der Waals surface area (Å²) in [5.74, 6) is 0.748. The zero-order valence-corrected chi connectivity index (χ0v) is 13.2. The maximum Gasteiger partial charge on any atom is 0.240 e. The molecule has 0 aliphatic heterocycles. The monoisotopic (exact) mass is 306 g/mol. The molecule has 0 spiro atoms. The second kappa shape index (κ2) is 7.06. The maximum absolute atomic E-state index is 12.4. The highest BCUT2D eigenvalue weighted by Crippen LogP contribution is 2.28. The summed E-state index contributed by atoms with van der Waals surface area (Å²) in [6.07, 6.45) is 6.44. The molecule has 5 heteroatoms. The quantitative estimate of drug-likeness (QED) is 0.908. The lowest BCUT2D eigenvalue weighted by atomic mass is 9.84. The van der Waals surface area contributed by atoms with E-state index in [0.717, 1.165) is 31.6 Å². The molecule has 2 rings (SSSR count). The minimum atomic E-state index is -3.52. The van der Waals surface area contributed by atoms with E-state index in [-0.39, 0.29) is 10.9 Å². The number of hydrogen-bond donors (Lipinski definition) is 1. The van der Waals surface area contributed by atoms with Crippen LogP contribution in [0.4, 0.5) is 0 Å². The van der Waals surface area contributed by atoms with Crippen LogP contribution < -0.4 is 4.72 Å². The van der Waals surface area contributed by atoms with Crippen molar-refractivity contribution in [3.05, 3.63) is 29.8 Å². The summed E-state index contributed by atoms with van der Waals surface area (Å²) >= 11 is 0. The first-order valence-electron chi connectivity index (χ1n) is 7.57. The van der Waals surface area contributed by atoms with Crippen LogP contribution in [0, 0.1) is 17.2 Å². The van der Waals surface area contributed by atoms with Crippen LogP contribution in [0.3, 0.4) is 0 Å². The van der Waals surface area contributed by atoms with Gasteiger partial charge in [0.25, 0.3) is 0 Å². The minimum Gasteiger partial charge on any atom is -0.208 e. The van der Waals surface area contributed by atoms with Crippen LogP contribution in [0.15, 0.2) is 29.2 Å². The Morgan fingerprint density at radius 2 is 2.00 bits per heavy atom. The fraction of sp³-hybridized carbons (Fsp3) is 0.562. The number of rotatable bonds is 5. The van der Waals surface area contributed by atoms with Crippen LogP contribution in [0.2, 0.25) is 0 Å². The molecule has 0 heterocycles. The molecule has 0 radical (unpaired) electrons. The van der Waals surface area contributed by atoms with Crippen LogP contribution in [0.5, 0.6) is 0 Å². The average molecular weight is 306 g/mol. The highest BCUT2D eigenvalue weighted by Gasteiger charge is 2.25. The van der Waals surface area contributed by atoms with E-state index in [9.17, 15) is 8.42 Å². The van der Waals surface area contributed by atoms with Crippen LogP contribution in [-0.4, -0.2) is 14.5 Å². The summed E-state index contributed by atoms with van der Waals surface area (Å²) in [6, 6.07) is 8.16. The van der Waals surface area contributed by atoms with Crippen molar-refractivity contribution in [2.75, 3.05) is 0 Å². The van der Waals surface area contributed by atoms with E-state index >= 15 is 0 Å². The van der Waals surface area contributed by atoms with E-state index in [4.69, 9.17) is 5.26 Å². The molecule has 0 amide bonds. The molecule has 1 aliphatic carbocycles. The molecular formula is C16H22N2O2S. The zero-order valence-electron chi connectivity index (χ0n) is 12.4. The number of nitriles is 1. The second-order valence-corrected chi connectivity index (χ2v) is 7.48. The topological polar surface area (TPSA) is 70.0 Å². The molecule has 4 nitrogen and oxygen atoms in total. The van der Waals surface area contributed by atoms with Gasteiger partial charge in [-0.2, -0.15) is 5.26 Å². The first-order valence-corrected chi connectivity index (χ1v) is 9.06. The Morgan fingerprint density at radius 3 is 2.62 bits per heavy atom. The van der Waals surface area contributed by atoms with Gasteiger partial charge in [-0.15, -0.1) is 0 Å². The van der Waals surface area contributed by atoms with Crippen LogP contribution in [-0.2, 0) is 10.0 Å². The smallest absolute Gasteiger partial charge is 0.208 e. The minimum absolute atomic E-state index is 0.0221. The normalized spacial score (nSPS) is 22.7. The van der Waals surface area contributed by atoms with Gasteiger partial charge in [0, 0.05) is 6.04 Å². The van der Waals surface area contributed by atoms with Crippen molar-refractivity contribution in [3.8, 4) is 6.07 Å². The Bertz CT molecular complexity index is 611. The summed E-state index contributed by atoms with van der Waals surface area (Å²) in [5, 5.41) is 8.86. The molecule has 0 saturated heterocycles. The molecule has 0 atom stereocenters. The van der Waals surface area contributed by atoms with E-state index in [0.29, 0.717) is 5.56 Å². The van der Waals surface area contributed by atoms with Crippen molar-refractivity contribution >= 4 is 10.0 Å². The molecule has 1 N–H and O–H groups in total. The molecular weight excluding hydrogens is 284 g/mol. The molecule has 1 saturated carbocycles. The van der Waals surface area contributed by atoms with Crippen molar-refractivity contribution in [1.82, 2.24) is 4.72 Å². The summed E-state index contributed by atoms with van der Waals surface area (Å²) in [6.45, 7) is 2.19. The number of sulfonamides is 1. The van der Waals surface area contributed by atoms with Gasteiger partial charge in [-0.3, -0.25) is 0 Å². The first-order chi connectivity index (χ1) is 10.0. The second-order valence-electron chi connectivity index (χ2n) is 5.77. The van der Waals surface area contributed by atoms with Crippen molar-refractivity contribution in [3.63, 3.8) is 0 Å². The van der Waals surface area contributed by atoms with Crippen LogP contribution in [0.1, 0.15) is 51.0 Å². The van der Waals surface area contributed by atoms with Gasteiger partial charge in [0.2, 0.25) is 10.0 Å². The molecule has 1 fully saturated rings. The van der Waals surface area contributed by atoms with E-state index in [1.165, 1.54) is 25.0 Å². The van der Waals surface area contributed by atoms with Crippen molar-refractivity contribution in [1.29, 1.82) is 5.26 Å². The SMILES string of the molecule is CCCC1CCC(NS(=O)(=O)c2cccc(C#N)c2)CC1. The van der Waals surface area contributed by atoms with Gasteiger partial charge in [-0.1, -0.05) is 25.8 Å². The predicted octanol–water partition coefficient (Wildman–Crippen LogP) is 3.20. The van der Waals surface area contributed by atoms with Crippen molar-refractivity contribution < 1.29 is 8.42 Å². The Hall–Kier alpha value is -1.38. The highest BCUT2D eigenvalue weighted by molar-refractivity contribution is 7.89. The van der Waals surface area contributed by atoms with Gasteiger partial charge in [0.15, 0.2) is 0 Å². The lowest BCUT2D eigenvalue weighted by molar-refractivity contribution is 0.297. The Labute approximate surface area is 127 Å². The zero-order chi connectivity index (χ0) is 15.3. The molecule has 0 aromatic heterocycles.